The third-order valence-corrected chi connectivity index (χ3v) is 4.18. The van der Waals surface area contributed by atoms with Crippen molar-refractivity contribution in [1.29, 1.82) is 0 Å². The molecular formula is C19H30IN7O. The summed E-state index contributed by atoms with van der Waals surface area (Å²) in [5.74, 6) is 1.51. The van der Waals surface area contributed by atoms with Crippen LogP contribution in [0.4, 0.5) is 0 Å². The number of carbonyl (C=O) groups excluding carboxylic acids is 1. The zero-order chi connectivity index (χ0) is 19.6. The topological polar surface area (TPSA) is 87.4 Å². The Bertz CT molecular complexity index is 746. The summed E-state index contributed by atoms with van der Waals surface area (Å²) in [7, 11) is 3.45. The molecule has 2 N–H and O–H groups in total. The highest BCUT2D eigenvalue weighted by Gasteiger charge is 2.10. The summed E-state index contributed by atoms with van der Waals surface area (Å²) in [5.41, 5.74) is 1.15. The second-order valence-corrected chi connectivity index (χ2v) is 6.45. The van der Waals surface area contributed by atoms with Crippen molar-refractivity contribution >= 4 is 35.8 Å². The molecule has 0 spiro atoms. The molecule has 2 aromatic rings. The number of likely N-dealkylation sites (N-methyl/N-ethyl adjacent to an activating group) is 1. The summed E-state index contributed by atoms with van der Waals surface area (Å²) in [4.78, 5) is 17.9. The highest BCUT2D eigenvalue weighted by Crippen LogP contribution is 2.10. The first-order chi connectivity index (χ1) is 13.0. The first-order valence-corrected chi connectivity index (χ1v) is 9.17. The summed E-state index contributed by atoms with van der Waals surface area (Å²) in [5, 5.41) is 14.7. The predicted octanol–water partition coefficient (Wildman–Crippen LogP) is 1.84. The van der Waals surface area contributed by atoms with Gasteiger partial charge in [-0.1, -0.05) is 37.3 Å². The fraction of sp³-hybridized carbons (Fsp3) is 0.474. The third-order valence-electron chi connectivity index (χ3n) is 4.18. The molecule has 154 valence electrons. The fourth-order valence-corrected chi connectivity index (χ4v) is 2.51. The van der Waals surface area contributed by atoms with E-state index >= 15 is 0 Å². The smallest absolute Gasteiger partial charge is 0.243 e. The van der Waals surface area contributed by atoms with Gasteiger partial charge in [-0.05, 0) is 12.5 Å². The Hall–Kier alpha value is -2.17. The van der Waals surface area contributed by atoms with E-state index in [0.717, 1.165) is 24.4 Å². The minimum absolute atomic E-state index is 0. The minimum Gasteiger partial charge on any atom is -0.355 e. The molecule has 0 radical (unpaired) electrons. The maximum Gasteiger partial charge on any atom is 0.243 e. The summed E-state index contributed by atoms with van der Waals surface area (Å²) in [6, 6.07) is 10.2. The van der Waals surface area contributed by atoms with E-state index < -0.39 is 0 Å². The highest BCUT2D eigenvalue weighted by atomic mass is 127. The van der Waals surface area contributed by atoms with Crippen molar-refractivity contribution < 1.29 is 4.79 Å². The van der Waals surface area contributed by atoms with Crippen LogP contribution in [0.1, 0.15) is 31.3 Å². The van der Waals surface area contributed by atoms with E-state index in [-0.39, 0.29) is 42.5 Å². The molecule has 1 aromatic carbocycles. The Labute approximate surface area is 183 Å². The molecule has 0 aliphatic carbocycles. The number of nitrogens with zero attached hydrogens (tertiary/aromatic N) is 5. The Morgan fingerprint density at radius 1 is 1.29 bits per heavy atom. The maximum absolute atomic E-state index is 11.9. The molecule has 0 saturated heterocycles. The van der Waals surface area contributed by atoms with Gasteiger partial charge >= 0.3 is 0 Å². The molecule has 8 nitrogen and oxygen atoms in total. The molecule has 2 rings (SSSR count). The molecule has 1 atom stereocenters. The van der Waals surface area contributed by atoms with Gasteiger partial charge in [0.1, 0.15) is 18.7 Å². The van der Waals surface area contributed by atoms with Crippen molar-refractivity contribution in [2.45, 2.75) is 32.9 Å². The lowest BCUT2D eigenvalue weighted by Crippen LogP contribution is -2.41. The van der Waals surface area contributed by atoms with Crippen LogP contribution in [0.5, 0.6) is 0 Å². The van der Waals surface area contributed by atoms with Gasteiger partial charge in [0.05, 0.1) is 6.04 Å². The molecule has 9 heteroatoms. The monoisotopic (exact) mass is 499 g/mol. The van der Waals surface area contributed by atoms with Crippen LogP contribution in [0.2, 0.25) is 0 Å². The van der Waals surface area contributed by atoms with Crippen molar-refractivity contribution in [2.24, 2.45) is 4.99 Å². The molecule has 0 aliphatic rings. The van der Waals surface area contributed by atoms with Crippen LogP contribution in [-0.4, -0.2) is 58.7 Å². The molecule has 1 amide bonds. The van der Waals surface area contributed by atoms with Gasteiger partial charge in [-0.15, -0.1) is 34.2 Å². The molecule has 0 bridgehead atoms. The summed E-state index contributed by atoms with van der Waals surface area (Å²) >= 11 is 0. The maximum atomic E-state index is 11.9. The molecule has 28 heavy (non-hydrogen) atoms. The zero-order valence-electron chi connectivity index (χ0n) is 16.9. The van der Waals surface area contributed by atoms with Crippen molar-refractivity contribution in [3.63, 3.8) is 0 Å². The molecule has 1 heterocycles. The average Bonchev–Trinajstić information content (AvgIpc) is 3.13. The molecule has 1 aromatic heterocycles. The van der Waals surface area contributed by atoms with E-state index in [0.29, 0.717) is 12.5 Å². The van der Waals surface area contributed by atoms with E-state index in [1.54, 1.807) is 20.4 Å². The van der Waals surface area contributed by atoms with Crippen molar-refractivity contribution in [3.05, 3.63) is 48.0 Å². The van der Waals surface area contributed by atoms with Crippen LogP contribution in [0, 0.1) is 0 Å². The second-order valence-electron chi connectivity index (χ2n) is 6.45. The van der Waals surface area contributed by atoms with Gasteiger partial charge in [-0.3, -0.25) is 4.79 Å². The first-order valence-electron chi connectivity index (χ1n) is 9.17. The molecule has 0 fully saturated rings. The standard InChI is InChI=1S/C19H29N7O.HI/c1-5-17-24-22-14-26(17)12-11-20-19(21-13-18(27)25(3)4)23-15(2)16-9-7-6-8-10-16;/h6-10,14-15H,5,11-13H2,1-4H3,(H2,20,21,23);1H. The summed E-state index contributed by atoms with van der Waals surface area (Å²) in [6.45, 7) is 5.58. The average molecular weight is 499 g/mol. The van der Waals surface area contributed by atoms with Gasteiger partial charge in [-0.25, -0.2) is 4.99 Å². The van der Waals surface area contributed by atoms with Gasteiger partial charge < -0.3 is 20.1 Å². The second kappa shape index (κ2) is 12.3. The number of hydrogen-bond acceptors (Lipinski definition) is 4. The van der Waals surface area contributed by atoms with Gasteiger partial charge in [-0.2, -0.15) is 0 Å². The van der Waals surface area contributed by atoms with Crippen molar-refractivity contribution in [2.75, 3.05) is 27.2 Å². The number of aliphatic imine (C=N–C) groups is 1. The van der Waals surface area contributed by atoms with Crippen LogP contribution in [0.25, 0.3) is 0 Å². The Morgan fingerprint density at radius 3 is 2.64 bits per heavy atom. The molecule has 0 saturated carbocycles. The van der Waals surface area contributed by atoms with Gasteiger partial charge in [0, 0.05) is 33.6 Å². The van der Waals surface area contributed by atoms with Gasteiger partial charge in [0.15, 0.2) is 5.96 Å². The number of nitrogens with one attached hydrogen (secondary N) is 2. The van der Waals surface area contributed by atoms with Crippen LogP contribution in [-0.2, 0) is 17.8 Å². The lowest BCUT2D eigenvalue weighted by molar-refractivity contribution is -0.127. The number of guanidine groups is 1. The predicted molar refractivity (Wildman–Crippen MR) is 122 cm³/mol. The number of hydrogen-bond donors (Lipinski definition) is 2. The lowest BCUT2D eigenvalue weighted by Gasteiger charge is -2.19. The first kappa shape index (κ1) is 23.9. The lowest BCUT2D eigenvalue weighted by atomic mass is 10.1. The Kier molecular flexibility index (Phi) is 10.5. The van der Waals surface area contributed by atoms with Gasteiger partial charge in [0.25, 0.3) is 0 Å². The SMILES string of the molecule is CCc1nncn1CCNC(=NCC(=O)N(C)C)NC(C)c1ccccc1.I. The van der Waals surface area contributed by atoms with E-state index in [1.807, 2.05) is 22.8 Å². The summed E-state index contributed by atoms with van der Waals surface area (Å²) < 4.78 is 2.01. The van der Waals surface area contributed by atoms with Crippen molar-refractivity contribution in [1.82, 2.24) is 30.3 Å². The number of amides is 1. The number of aromatic nitrogens is 3. The van der Waals surface area contributed by atoms with Crippen LogP contribution >= 0.6 is 24.0 Å². The molecule has 0 aliphatic heterocycles. The number of aryl methyl sites for hydroxylation is 1. The largest absolute Gasteiger partial charge is 0.355 e. The van der Waals surface area contributed by atoms with E-state index in [4.69, 9.17) is 0 Å². The Balaban J connectivity index is 0.00000392. The fourth-order valence-electron chi connectivity index (χ4n) is 2.51. The van der Waals surface area contributed by atoms with Crippen LogP contribution in [0.3, 0.4) is 0 Å². The third kappa shape index (κ3) is 7.45. The molecule has 1 unspecified atom stereocenters. The van der Waals surface area contributed by atoms with Crippen LogP contribution < -0.4 is 10.6 Å². The van der Waals surface area contributed by atoms with E-state index in [9.17, 15) is 4.79 Å². The zero-order valence-corrected chi connectivity index (χ0v) is 19.3. The highest BCUT2D eigenvalue weighted by molar-refractivity contribution is 14.0. The van der Waals surface area contributed by atoms with Crippen molar-refractivity contribution in [3.8, 4) is 0 Å². The van der Waals surface area contributed by atoms with Crippen LogP contribution in [0.15, 0.2) is 41.7 Å². The van der Waals surface area contributed by atoms with E-state index in [2.05, 4.69) is 51.8 Å². The quantitative estimate of drug-likeness (QED) is 0.329. The van der Waals surface area contributed by atoms with Gasteiger partial charge in [0.2, 0.25) is 5.91 Å². The van der Waals surface area contributed by atoms with E-state index in [1.165, 1.54) is 4.90 Å². The Morgan fingerprint density at radius 2 is 2.00 bits per heavy atom. The number of carbonyl (C=O) groups is 1. The normalized spacial score (nSPS) is 12.1. The number of benzene rings is 1. The molecular weight excluding hydrogens is 469 g/mol. The minimum atomic E-state index is -0.0458. The number of rotatable bonds is 8. The number of halogens is 1. The summed E-state index contributed by atoms with van der Waals surface area (Å²) in [6.07, 6.45) is 2.56.